The van der Waals surface area contributed by atoms with E-state index in [1.165, 1.54) is 50.1 Å². The Morgan fingerprint density at radius 1 is 1.21 bits per heavy atom. The van der Waals surface area contributed by atoms with Gasteiger partial charge in [-0.15, -0.1) is 0 Å². The molecule has 2 aliphatic heterocycles. The van der Waals surface area contributed by atoms with Crippen molar-refractivity contribution in [1.29, 1.82) is 0 Å². The van der Waals surface area contributed by atoms with Gasteiger partial charge in [-0.3, -0.25) is 14.7 Å². The molecule has 7 heteroatoms. The number of carbonyl (C=O) groups excluding carboxylic acids is 1. The van der Waals surface area contributed by atoms with E-state index in [9.17, 15) is 4.79 Å². The summed E-state index contributed by atoms with van der Waals surface area (Å²) >= 11 is 1.50. The standard InChI is InChI=1S/C21H29N5OS/c1-16-3-2-10-26(15-16)18-6-11-25(12-7-18)21-24-14-19(28-21)20(27)23-13-17-4-8-22-9-5-17/h4-5,8-9,14,16,18H,2-3,6-7,10-13,15H2,1H3,(H,23,27)/t16-/m1/s1. The number of piperidine rings is 2. The number of nitrogens with one attached hydrogen (secondary N) is 1. The Labute approximate surface area is 171 Å². The first-order chi connectivity index (χ1) is 13.7. The van der Waals surface area contributed by atoms with Gasteiger partial charge in [0.05, 0.1) is 6.20 Å². The van der Waals surface area contributed by atoms with E-state index >= 15 is 0 Å². The van der Waals surface area contributed by atoms with Crippen molar-refractivity contribution in [2.75, 3.05) is 31.1 Å². The topological polar surface area (TPSA) is 61.4 Å². The van der Waals surface area contributed by atoms with Crippen LogP contribution in [0.5, 0.6) is 0 Å². The van der Waals surface area contributed by atoms with E-state index in [0.29, 0.717) is 17.5 Å². The molecule has 2 aromatic rings. The number of aromatic nitrogens is 2. The number of nitrogens with zero attached hydrogens (tertiary/aromatic N) is 4. The highest BCUT2D eigenvalue weighted by molar-refractivity contribution is 7.17. The third kappa shape index (κ3) is 4.70. The summed E-state index contributed by atoms with van der Waals surface area (Å²) in [6.07, 6.45) is 10.3. The van der Waals surface area contributed by atoms with Crippen LogP contribution in [0.25, 0.3) is 0 Å². The number of anilines is 1. The Hall–Kier alpha value is -1.99. The van der Waals surface area contributed by atoms with Gasteiger partial charge in [-0.05, 0) is 55.8 Å². The molecule has 2 aliphatic rings. The number of carbonyl (C=O) groups is 1. The Morgan fingerprint density at radius 3 is 2.75 bits per heavy atom. The minimum Gasteiger partial charge on any atom is -0.348 e. The van der Waals surface area contributed by atoms with Crippen LogP contribution in [0, 0.1) is 5.92 Å². The summed E-state index contributed by atoms with van der Waals surface area (Å²) in [5.74, 6) is 0.775. The average molecular weight is 400 g/mol. The molecule has 150 valence electrons. The van der Waals surface area contributed by atoms with Gasteiger partial charge in [0.15, 0.2) is 5.13 Å². The van der Waals surface area contributed by atoms with Gasteiger partial charge in [0, 0.05) is 44.6 Å². The van der Waals surface area contributed by atoms with Crippen LogP contribution in [-0.2, 0) is 6.54 Å². The number of pyridine rings is 1. The molecule has 6 nitrogen and oxygen atoms in total. The lowest BCUT2D eigenvalue weighted by molar-refractivity contribution is 0.0954. The fourth-order valence-corrected chi connectivity index (χ4v) is 5.15. The first-order valence-corrected chi connectivity index (χ1v) is 11.1. The van der Waals surface area contributed by atoms with Crippen LogP contribution in [0.1, 0.15) is 47.8 Å². The second-order valence-corrected chi connectivity index (χ2v) is 9.01. The van der Waals surface area contributed by atoms with Gasteiger partial charge in [0.1, 0.15) is 4.88 Å². The summed E-state index contributed by atoms with van der Waals surface area (Å²) in [6, 6.07) is 4.53. The van der Waals surface area contributed by atoms with Crippen LogP contribution >= 0.6 is 11.3 Å². The van der Waals surface area contributed by atoms with E-state index in [0.717, 1.165) is 29.7 Å². The number of rotatable bonds is 5. The number of likely N-dealkylation sites (tertiary alicyclic amines) is 1. The van der Waals surface area contributed by atoms with Crippen LogP contribution < -0.4 is 10.2 Å². The summed E-state index contributed by atoms with van der Waals surface area (Å²) in [7, 11) is 0. The lowest BCUT2D eigenvalue weighted by atomic mass is 9.95. The predicted molar refractivity (Wildman–Crippen MR) is 113 cm³/mol. The second-order valence-electron chi connectivity index (χ2n) is 8.01. The fourth-order valence-electron chi connectivity index (χ4n) is 4.27. The Balaban J connectivity index is 1.28. The van der Waals surface area contributed by atoms with E-state index in [1.54, 1.807) is 18.6 Å². The molecule has 2 aromatic heterocycles. The van der Waals surface area contributed by atoms with Gasteiger partial charge in [-0.25, -0.2) is 4.98 Å². The zero-order chi connectivity index (χ0) is 19.3. The maximum absolute atomic E-state index is 12.4. The first kappa shape index (κ1) is 19.3. The number of hydrogen-bond donors (Lipinski definition) is 1. The van der Waals surface area contributed by atoms with E-state index in [-0.39, 0.29) is 5.91 Å². The molecule has 0 bridgehead atoms. The fraction of sp³-hybridized carbons (Fsp3) is 0.571. The van der Waals surface area contributed by atoms with Crippen LogP contribution in [0.3, 0.4) is 0 Å². The largest absolute Gasteiger partial charge is 0.348 e. The van der Waals surface area contributed by atoms with Crippen molar-refractivity contribution in [2.45, 2.75) is 45.2 Å². The number of thiazole rings is 1. The molecule has 0 saturated carbocycles. The highest BCUT2D eigenvalue weighted by atomic mass is 32.1. The van der Waals surface area contributed by atoms with E-state index in [1.807, 2.05) is 12.1 Å². The molecule has 0 aromatic carbocycles. The maximum atomic E-state index is 12.4. The summed E-state index contributed by atoms with van der Waals surface area (Å²) in [6.45, 7) is 7.45. The molecule has 1 atom stereocenters. The molecule has 0 radical (unpaired) electrons. The van der Waals surface area contributed by atoms with E-state index in [4.69, 9.17) is 0 Å². The summed E-state index contributed by atoms with van der Waals surface area (Å²) in [5.41, 5.74) is 1.04. The zero-order valence-corrected chi connectivity index (χ0v) is 17.3. The number of hydrogen-bond acceptors (Lipinski definition) is 6. The molecule has 2 saturated heterocycles. The molecular weight excluding hydrogens is 370 g/mol. The molecular formula is C21H29N5OS. The zero-order valence-electron chi connectivity index (χ0n) is 16.5. The van der Waals surface area contributed by atoms with Gasteiger partial charge in [-0.2, -0.15) is 0 Å². The van der Waals surface area contributed by atoms with Crippen molar-refractivity contribution in [1.82, 2.24) is 20.2 Å². The SMILES string of the molecule is C[C@@H]1CCCN(C2CCN(c3ncc(C(=O)NCc4ccncc4)s3)CC2)C1. The molecule has 2 fully saturated rings. The Bertz CT molecular complexity index is 772. The van der Waals surface area contributed by atoms with Gasteiger partial charge >= 0.3 is 0 Å². The minimum atomic E-state index is -0.0576. The monoisotopic (exact) mass is 399 g/mol. The van der Waals surface area contributed by atoms with Gasteiger partial charge in [0.25, 0.3) is 5.91 Å². The van der Waals surface area contributed by atoms with E-state index in [2.05, 4.69) is 32.0 Å². The summed E-state index contributed by atoms with van der Waals surface area (Å²) in [5, 5.41) is 3.94. The summed E-state index contributed by atoms with van der Waals surface area (Å²) < 4.78 is 0. The maximum Gasteiger partial charge on any atom is 0.263 e. The third-order valence-corrected chi connectivity index (χ3v) is 6.92. The van der Waals surface area contributed by atoms with Crippen LogP contribution in [-0.4, -0.2) is 53.0 Å². The van der Waals surface area contributed by atoms with Crippen molar-refractivity contribution < 1.29 is 4.79 Å². The lowest BCUT2D eigenvalue weighted by Gasteiger charge is -2.41. The Morgan fingerprint density at radius 2 is 2.00 bits per heavy atom. The molecule has 1 N–H and O–H groups in total. The van der Waals surface area contributed by atoms with E-state index < -0.39 is 0 Å². The van der Waals surface area contributed by atoms with Gasteiger partial charge in [-0.1, -0.05) is 18.3 Å². The number of amides is 1. The van der Waals surface area contributed by atoms with Crippen molar-refractivity contribution in [2.24, 2.45) is 5.92 Å². The lowest BCUT2D eigenvalue weighted by Crippen LogP contribution is -2.48. The van der Waals surface area contributed by atoms with Gasteiger partial charge < -0.3 is 10.2 Å². The van der Waals surface area contributed by atoms with Crippen LogP contribution in [0.4, 0.5) is 5.13 Å². The molecule has 28 heavy (non-hydrogen) atoms. The third-order valence-electron chi connectivity index (χ3n) is 5.86. The average Bonchev–Trinajstić information content (AvgIpc) is 3.23. The predicted octanol–water partition coefficient (Wildman–Crippen LogP) is 3.17. The molecule has 4 rings (SSSR count). The molecule has 0 unspecified atom stereocenters. The quantitative estimate of drug-likeness (QED) is 0.837. The summed E-state index contributed by atoms with van der Waals surface area (Å²) in [4.78, 5) is 26.7. The van der Waals surface area contributed by atoms with Gasteiger partial charge in [0.2, 0.25) is 0 Å². The smallest absolute Gasteiger partial charge is 0.263 e. The molecule has 0 spiro atoms. The highest BCUT2D eigenvalue weighted by Gasteiger charge is 2.28. The minimum absolute atomic E-state index is 0.0576. The first-order valence-electron chi connectivity index (χ1n) is 10.3. The van der Waals surface area contributed by atoms with Crippen molar-refractivity contribution >= 4 is 22.4 Å². The van der Waals surface area contributed by atoms with Crippen LogP contribution in [0.15, 0.2) is 30.7 Å². The van der Waals surface area contributed by atoms with Crippen LogP contribution in [0.2, 0.25) is 0 Å². The second kappa shape index (κ2) is 9.01. The van der Waals surface area contributed by atoms with Crippen molar-refractivity contribution in [3.63, 3.8) is 0 Å². The van der Waals surface area contributed by atoms with Crippen molar-refractivity contribution in [3.8, 4) is 0 Å². The normalized spacial score (nSPS) is 21.6. The van der Waals surface area contributed by atoms with Crippen molar-refractivity contribution in [3.05, 3.63) is 41.2 Å². The highest BCUT2D eigenvalue weighted by Crippen LogP contribution is 2.28. The molecule has 0 aliphatic carbocycles. The Kier molecular flexibility index (Phi) is 6.22. The molecule has 1 amide bonds. The molecule has 4 heterocycles.